The van der Waals surface area contributed by atoms with Crippen molar-refractivity contribution in [1.29, 1.82) is 0 Å². The number of hydrogen-bond donors (Lipinski definition) is 1. The van der Waals surface area contributed by atoms with Gasteiger partial charge >= 0.3 is 12.6 Å². The number of ether oxygens (including phenoxy) is 1. The van der Waals surface area contributed by atoms with E-state index in [4.69, 9.17) is 0 Å². The van der Waals surface area contributed by atoms with E-state index in [1.54, 1.807) is 4.90 Å². The Morgan fingerprint density at radius 2 is 2.21 bits per heavy atom. The van der Waals surface area contributed by atoms with Crippen LogP contribution in [0.1, 0.15) is 18.4 Å². The minimum Gasteiger partial charge on any atom is -0.432 e. The lowest BCUT2D eigenvalue weighted by Gasteiger charge is -2.36. The van der Waals surface area contributed by atoms with Crippen molar-refractivity contribution in [3.8, 4) is 5.75 Å². The summed E-state index contributed by atoms with van der Waals surface area (Å²) in [5.41, 5.74) is 0.476. The molecule has 1 aliphatic rings. The number of urea groups is 1. The molecule has 1 aromatic rings. The van der Waals surface area contributed by atoms with Gasteiger partial charge in [-0.15, -0.1) is 0 Å². The molecule has 1 unspecified atom stereocenters. The molecule has 2 amide bonds. The summed E-state index contributed by atoms with van der Waals surface area (Å²) in [6.07, 6.45) is 1.98. The van der Waals surface area contributed by atoms with Gasteiger partial charge in [0.15, 0.2) is 11.6 Å². The second kappa shape index (κ2) is 8.23. The Kier molecular flexibility index (Phi) is 6.30. The van der Waals surface area contributed by atoms with Crippen LogP contribution < -0.4 is 10.1 Å². The van der Waals surface area contributed by atoms with Crippen LogP contribution in [0.2, 0.25) is 0 Å². The fourth-order valence-corrected chi connectivity index (χ4v) is 2.70. The van der Waals surface area contributed by atoms with Crippen LogP contribution in [-0.2, 0) is 6.54 Å². The van der Waals surface area contributed by atoms with Crippen molar-refractivity contribution in [2.75, 3.05) is 27.2 Å². The van der Waals surface area contributed by atoms with Gasteiger partial charge in [0, 0.05) is 25.7 Å². The summed E-state index contributed by atoms with van der Waals surface area (Å²) in [6, 6.07) is 3.77. The van der Waals surface area contributed by atoms with Gasteiger partial charge in [-0.05, 0) is 44.6 Å². The zero-order chi connectivity index (χ0) is 17.7. The van der Waals surface area contributed by atoms with Crippen LogP contribution >= 0.6 is 0 Å². The quantitative estimate of drug-likeness (QED) is 0.892. The van der Waals surface area contributed by atoms with Crippen LogP contribution in [0.5, 0.6) is 5.75 Å². The molecule has 5 nitrogen and oxygen atoms in total. The van der Waals surface area contributed by atoms with E-state index >= 15 is 0 Å². The molecule has 1 N–H and O–H groups in total. The van der Waals surface area contributed by atoms with Crippen LogP contribution in [0.3, 0.4) is 0 Å². The third-order valence-electron chi connectivity index (χ3n) is 4.07. The van der Waals surface area contributed by atoms with Gasteiger partial charge in [-0.3, -0.25) is 0 Å². The molecule has 1 aliphatic heterocycles. The predicted octanol–water partition coefficient (Wildman–Crippen LogP) is 2.66. The molecule has 0 spiro atoms. The molecule has 2 rings (SSSR count). The van der Waals surface area contributed by atoms with Gasteiger partial charge in [-0.25, -0.2) is 9.18 Å². The molecule has 0 aromatic heterocycles. The molecule has 1 atom stereocenters. The van der Waals surface area contributed by atoms with Gasteiger partial charge in [-0.2, -0.15) is 8.78 Å². The number of likely N-dealkylation sites (tertiary alicyclic amines) is 1. The summed E-state index contributed by atoms with van der Waals surface area (Å²) in [7, 11) is 3.97. The lowest BCUT2D eigenvalue weighted by molar-refractivity contribution is -0.0522. The van der Waals surface area contributed by atoms with Crippen molar-refractivity contribution in [3.05, 3.63) is 29.6 Å². The van der Waals surface area contributed by atoms with E-state index in [9.17, 15) is 18.0 Å². The summed E-state index contributed by atoms with van der Waals surface area (Å²) < 4.78 is 41.9. The van der Waals surface area contributed by atoms with Crippen molar-refractivity contribution in [2.24, 2.45) is 0 Å². The number of halogens is 3. The number of rotatable bonds is 5. The average Bonchev–Trinajstić information content (AvgIpc) is 2.54. The van der Waals surface area contributed by atoms with Crippen molar-refractivity contribution in [2.45, 2.75) is 32.0 Å². The molecule has 0 aliphatic carbocycles. The Morgan fingerprint density at radius 1 is 1.46 bits per heavy atom. The number of hydrogen-bond acceptors (Lipinski definition) is 3. The van der Waals surface area contributed by atoms with E-state index < -0.39 is 18.2 Å². The van der Waals surface area contributed by atoms with Crippen LogP contribution in [0.15, 0.2) is 18.2 Å². The lowest BCUT2D eigenvalue weighted by atomic mass is 10.1. The van der Waals surface area contributed by atoms with E-state index in [1.807, 2.05) is 14.1 Å². The second-order valence-electron chi connectivity index (χ2n) is 6.01. The van der Waals surface area contributed by atoms with Gasteiger partial charge in [-0.1, -0.05) is 6.07 Å². The van der Waals surface area contributed by atoms with Gasteiger partial charge in [0.25, 0.3) is 0 Å². The molecule has 8 heteroatoms. The number of benzene rings is 1. The SMILES string of the molecule is CN(C)C1CCCN(C(=O)NCc2ccc(OC(F)F)c(F)c2)C1. The summed E-state index contributed by atoms with van der Waals surface area (Å²) in [5.74, 6) is -1.39. The van der Waals surface area contributed by atoms with Gasteiger partial charge < -0.3 is 19.9 Å². The first-order valence-corrected chi connectivity index (χ1v) is 7.79. The third-order valence-corrected chi connectivity index (χ3v) is 4.07. The maximum atomic E-state index is 13.6. The summed E-state index contributed by atoms with van der Waals surface area (Å²) in [6.45, 7) is -1.62. The number of piperidine rings is 1. The molecule has 0 bridgehead atoms. The Hall–Kier alpha value is -1.96. The predicted molar refractivity (Wildman–Crippen MR) is 83.5 cm³/mol. The highest BCUT2D eigenvalue weighted by atomic mass is 19.3. The zero-order valence-electron chi connectivity index (χ0n) is 13.8. The lowest BCUT2D eigenvalue weighted by Crippen LogP contribution is -2.50. The molecule has 1 heterocycles. The topological polar surface area (TPSA) is 44.8 Å². The largest absolute Gasteiger partial charge is 0.432 e. The van der Waals surface area contributed by atoms with E-state index in [0.717, 1.165) is 25.0 Å². The number of nitrogens with zero attached hydrogens (tertiary/aromatic N) is 2. The van der Waals surface area contributed by atoms with Crippen LogP contribution in [0, 0.1) is 5.82 Å². The minimum atomic E-state index is -3.08. The smallest absolute Gasteiger partial charge is 0.387 e. The van der Waals surface area contributed by atoms with Crippen molar-refractivity contribution >= 4 is 6.03 Å². The number of nitrogens with one attached hydrogen (secondary N) is 1. The molecule has 1 fully saturated rings. The van der Waals surface area contributed by atoms with E-state index in [0.29, 0.717) is 24.7 Å². The minimum absolute atomic E-state index is 0.119. The molecule has 1 saturated heterocycles. The van der Waals surface area contributed by atoms with Crippen molar-refractivity contribution in [3.63, 3.8) is 0 Å². The molecule has 0 saturated carbocycles. The first-order chi connectivity index (χ1) is 11.4. The van der Waals surface area contributed by atoms with Crippen molar-refractivity contribution in [1.82, 2.24) is 15.1 Å². The third kappa shape index (κ3) is 5.02. The second-order valence-corrected chi connectivity index (χ2v) is 6.01. The molecule has 134 valence electrons. The standard InChI is InChI=1S/C16H22F3N3O2/c1-21(2)12-4-3-7-22(10-12)16(23)20-9-11-5-6-14(13(17)8-11)24-15(18)19/h5-6,8,12,15H,3-4,7,9-10H2,1-2H3,(H,20,23). The van der Waals surface area contributed by atoms with E-state index in [1.165, 1.54) is 6.07 Å². The highest BCUT2D eigenvalue weighted by Crippen LogP contribution is 2.20. The maximum Gasteiger partial charge on any atom is 0.387 e. The Labute approximate surface area is 139 Å². The van der Waals surface area contributed by atoms with Crippen LogP contribution in [0.4, 0.5) is 18.0 Å². The normalized spacial score (nSPS) is 18.1. The summed E-state index contributed by atoms with van der Waals surface area (Å²) >= 11 is 0. The number of carbonyl (C=O) groups excluding carboxylic acids is 1. The van der Waals surface area contributed by atoms with Crippen LogP contribution in [0.25, 0.3) is 0 Å². The first-order valence-electron chi connectivity index (χ1n) is 7.79. The maximum absolute atomic E-state index is 13.6. The van der Waals surface area contributed by atoms with Crippen molar-refractivity contribution < 1.29 is 22.7 Å². The first kappa shape index (κ1) is 18.4. The van der Waals surface area contributed by atoms with E-state index in [2.05, 4.69) is 15.0 Å². The van der Waals surface area contributed by atoms with Gasteiger partial charge in [0.2, 0.25) is 0 Å². The number of alkyl halides is 2. The van der Waals surface area contributed by atoms with Gasteiger partial charge in [0.05, 0.1) is 0 Å². The highest BCUT2D eigenvalue weighted by molar-refractivity contribution is 5.74. The number of likely N-dealkylation sites (N-methyl/N-ethyl adjacent to an activating group) is 1. The number of carbonyl (C=O) groups is 1. The molecular weight excluding hydrogens is 323 g/mol. The Balaban J connectivity index is 1.88. The fourth-order valence-electron chi connectivity index (χ4n) is 2.70. The molecular formula is C16H22F3N3O2. The fraction of sp³-hybridized carbons (Fsp3) is 0.562. The van der Waals surface area contributed by atoms with Crippen LogP contribution in [-0.4, -0.2) is 55.7 Å². The molecule has 0 radical (unpaired) electrons. The Bertz CT molecular complexity index is 569. The Morgan fingerprint density at radius 3 is 2.83 bits per heavy atom. The average molecular weight is 345 g/mol. The molecule has 24 heavy (non-hydrogen) atoms. The highest BCUT2D eigenvalue weighted by Gasteiger charge is 2.24. The number of amides is 2. The van der Waals surface area contributed by atoms with E-state index in [-0.39, 0.29) is 12.6 Å². The zero-order valence-corrected chi connectivity index (χ0v) is 13.8. The summed E-state index contributed by atoms with van der Waals surface area (Å²) in [4.78, 5) is 16.0. The molecule has 1 aromatic carbocycles. The van der Waals surface area contributed by atoms with Gasteiger partial charge in [0.1, 0.15) is 0 Å². The summed E-state index contributed by atoms with van der Waals surface area (Å²) in [5, 5.41) is 2.73. The monoisotopic (exact) mass is 345 g/mol.